The van der Waals surface area contributed by atoms with Crippen LogP contribution in [0.3, 0.4) is 0 Å². The summed E-state index contributed by atoms with van der Waals surface area (Å²) >= 11 is 5.84. The number of benzene rings is 2. The summed E-state index contributed by atoms with van der Waals surface area (Å²) in [4.78, 5) is 4.50. The van der Waals surface area contributed by atoms with Crippen molar-refractivity contribution in [3.63, 3.8) is 0 Å². The van der Waals surface area contributed by atoms with Crippen molar-refractivity contribution in [3.8, 4) is 11.5 Å². The zero-order valence-corrected chi connectivity index (χ0v) is 15.4. The molecular weight excluding hydrogens is 357 g/mol. The number of nitrogens with two attached hydrogens (primary N) is 1. The molecule has 1 fully saturated rings. The Morgan fingerprint density at radius 2 is 1.88 bits per heavy atom. The maximum atomic E-state index is 13.2. The predicted molar refractivity (Wildman–Crippen MR) is 102 cm³/mol. The van der Waals surface area contributed by atoms with E-state index in [9.17, 15) is 4.39 Å². The molecule has 138 valence electrons. The maximum absolute atomic E-state index is 13.2. The van der Waals surface area contributed by atoms with Gasteiger partial charge in [-0.1, -0.05) is 17.7 Å². The van der Waals surface area contributed by atoms with Crippen LogP contribution in [-0.2, 0) is 0 Å². The molecule has 1 saturated carbocycles. The number of hydrogen-bond donors (Lipinski definition) is 2. The zero-order valence-electron chi connectivity index (χ0n) is 14.6. The van der Waals surface area contributed by atoms with E-state index in [0.29, 0.717) is 23.4 Å². The third kappa shape index (κ3) is 4.02. The lowest BCUT2D eigenvalue weighted by molar-refractivity contribution is 0.353. The third-order valence-corrected chi connectivity index (χ3v) is 4.80. The average Bonchev–Trinajstić information content (AvgIpc) is 2.60. The Hall–Kier alpha value is -2.47. The number of hydrogen-bond acceptors (Lipinski definition) is 3. The van der Waals surface area contributed by atoms with Crippen LogP contribution in [0, 0.1) is 5.82 Å². The first kappa shape index (κ1) is 18.3. The summed E-state index contributed by atoms with van der Waals surface area (Å²) in [6, 6.07) is 10.4. The van der Waals surface area contributed by atoms with Crippen molar-refractivity contribution in [1.29, 1.82) is 0 Å². The number of nitrogens with zero attached hydrogens (tertiary/aromatic N) is 1. The molecule has 3 N–H and O–H groups in total. The van der Waals surface area contributed by atoms with E-state index in [1.807, 2.05) is 6.07 Å². The van der Waals surface area contributed by atoms with E-state index in [4.69, 9.17) is 26.8 Å². The fourth-order valence-corrected chi connectivity index (χ4v) is 3.21. The number of anilines is 1. The van der Waals surface area contributed by atoms with Crippen molar-refractivity contribution >= 4 is 23.2 Å². The first-order valence-electron chi connectivity index (χ1n) is 8.27. The molecule has 1 aliphatic rings. The van der Waals surface area contributed by atoms with Crippen LogP contribution in [0.15, 0.2) is 41.4 Å². The molecular formula is C19H21ClFN3O2. The zero-order chi connectivity index (χ0) is 18.7. The second-order valence-corrected chi connectivity index (χ2v) is 6.61. The van der Waals surface area contributed by atoms with Crippen molar-refractivity contribution in [2.75, 3.05) is 19.5 Å². The number of nitrogens with one attached hydrogen (secondary N) is 1. The number of halogens is 2. The minimum absolute atomic E-state index is 0.136. The molecule has 0 atom stereocenters. The van der Waals surface area contributed by atoms with Gasteiger partial charge in [0.15, 0.2) is 17.5 Å². The molecule has 1 aliphatic carbocycles. The molecule has 7 heteroatoms. The highest BCUT2D eigenvalue weighted by Crippen LogP contribution is 2.40. The van der Waals surface area contributed by atoms with Crippen LogP contribution in [0.2, 0.25) is 5.02 Å². The van der Waals surface area contributed by atoms with Gasteiger partial charge in [0.1, 0.15) is 5.82 Å². The van der Waals surface area contributed by atoms with Gasteiger partial charge in [-0.2, -0.15) is 0 Å². The number of aliphatic imine (C=N–C) groups is 1. The summed E-state index contributed by atoms with van der Waals surface area (Å²) in [5.74, 6) is 1.54. The molecule has 0 heterocycles. The van der Waals surface area contributed by atoms with Crippen molar-refractivity contribution in [1.82, 2.24) is 0 Å². The Balaban J connectivity index is 1.59. The standard InChI is InChI=1S/C19H21ClFN3O2/c1-25-17-6-4-13(10-18(17)26-2)23-19(22)24-14-7-12(8-14)11-3-5-16(21)15(20)9-11/h3-6,9-10,12,14H,7-8H2,1-2H3,(H3,22,23,24). The first-order valence-corrected chi connectivity index (χ1v) is 8.65. The van der Waals surface area contributed by atoms with Crippen molar-refractivity contribution in [2.45, 2.75) is 24.8 Å². The number of ether oxygens (including phenoxy) is 2. The molecule has 0 aliphatic heterocycles. The van der Waals surface area contributed by atoms with E-state index >= 15 is 0 Å². The Morgan fingerprint density at radius 1 is 1.15 bits per heavy atom. The molecule has 0 aromatic heterocycles. The fourth-order valence-electron chi connectivity index (χ4n) is 3.02. The number of methoxy groups -OCH3 is 2. The van der Waals surface area contributed by atoms with Crippen molar-refractivity contribution < 1.29 is 13.9 Å². The SMILES string of the molecule is COc1ccc(NC(N)=NC2CC(c3ccc(F)c(Cl)c3)C2)cc1OC. The predicted octanol–water partition coefficient (Wildman–Crippen LogP) is 4.17. The lowest BCUT2D eigenvalue weighted by atomic mass is 9.76. The Bertz CT molecular complexity index is 822. The smallest absolute Gasteiger partial charge is 0.193 e. The molecule has 2 aromatic carbocycles. The van der Waals surface area contributed by atoms with Gasteiger partial charge in [0.05, 0.1) is 25.3 Å². The van der Waals surface area contributed by atoms with Crippen LogP contribution in [0.25, 0.3) is 0 Å². The maximum Gasteiger partial charge on any atom is 0.193 e. The van der Waals surface area contributed by atoms with Crippen molar-refractivity contribution in [2.24, 2.45) is 10.7 Å². The van der Waals surface area contributed by atoms with E-state index in [1.54, 1.807) is 38.5 Å². The minimum Gasteiger partial charge on any atom is -0.493 e. The summed E-state index contributed by atoms with van der Waals surface area (Å²) in [6.07, 6.45) is 1.71. The van der Waals surface area contributed by atoms with Gasteiger partial charge in [0.25, 0.3) is 0 Å². The summed E-state index contributed by atoms with van der Waals surface area (Å²) in [5, 5.41) is 3.22. The lowest BCUT2D eigenvalue weighted by Gasteiger charge is -2.33. The highest BCUT2D eigenvalue weighted by molar-refractivity contribution is 6.30. The normalized spacial score (nSPS) is 19.6. The molecule has 0 bridgehead atoms. The molecule has 0 radical (unpaired) electrons. The monoisotopic (exact) mass is 377 g/mol. The quantitative estimate of drug-likeness (QED) is 0.606. The topological polar surface area (TPSA) is 68.9 Å². The van der Waals surface area contributed by atoms with Crippen LogP contribution in [-0.4, -0.2) is 26.2 Å². The third-order valence-electron chi connectivity index (χ3n) is 4.51. The van der Waals surface area contributed by atoms with Gasteiger partial charge in [0.2, 0.25) is 0 Å². The van der Waals surface area contributed by atoms with Gasteiger partial charge in [0, 0.05) is 11.8 Å². The lowest BCUT2D eigenvalue weighted by Crippen LogP contribution is -2.31. The van der Waals surface area contributed by atoms with Crippen LogP contribution in [0.1, 0.15) is 24.3 Å². The minimum atomic E-state index is -0.396. The van der Waals surface area contributed by atoms with Gasteiger partial charge >= 0.3 is 0 Å². The fraction of sp³-hybridized carbons (Fsp3) is 0.316. The van der Waals surface area contributed by atoms with E-state index < -0.39 is 5.82 Å². The van der Waals surface area contributed by atoms with Crippen LogP contribution >= 0.6 is 11.6 Å². The van der Waals surface area contributed by atoms with Crippen LogP contribution < -0.4 is 20.5 Å². The molecule has 0 saturated heterocycles. The van der Waals surface area contributed by atoms with Gasteiger partial charge in [-0.05, 0) is 48.6 Å². The molecule has 5 nitrogen and oxygen atoms in total. The molecule has 2 aromatic rings. The molecule has 26 heavy (non-hydrogen) atoms. The first-order chi connectivity index (χ1) is 12.5. The summed E-state index contributed by atoms with van der Waals surface area (Å²) < 4.78 is 23.7. The van der Waals surface area contributed by atoms with E-state index in [1.165, 1.54) is 6.07 Å². The van der Waals surface area contributed by atoms with Crippen LogP contribution in [0.5, 0.6) is 11.5 Å². The van der Waals surface area contributed by atoms with Gasteiger partial charge < -0.3 is 20.5 Å². The molecule has 0 spiro atoms. The van der Waals surface area contributed by atoms with Gasteiger partial charge in [-0.3, -0.25) is 0 Å². The van der Waals surface area contributed by atoms with E-state index in [2.05, 4.69) is 10.3 Å². The number of guanidine groups is 1. The average molecular weight is 378 g/mol. The Morgan fingerprint density at radius 3 is 2.54 bits per heavy atom. The second-order valence-electron chi connectivity index (χ2n) is 6.20. The van der Waals surface area contributed by atoms with Gasteiger partial charge in [-0.25, -0.2) is 9.38 Å². The highest BCUT2D eigenvalue weighted by Gasteiger charge is 2.30. The summed E-state index contributed by atoms with van der Waals surface area (Å²) in [7, 11) is 3.16. The molecule has 0 unspecified atom stereocenters. The summed E-state index contributed by atoms with van der Waals surface area (Å²) in [5.41, 5.74) is 7.81. The Labute approximate surface area is 157 Å². The van der Waals surface area contributed by atoms with E-state index in [0.717, 1.165) is 24.1 Å². The van der Waals surface area contributed by atoms with Crippen LogP contribution in [0.4, 0.5) is 10.1 Å². The highest BCUT2D eigenvalue weighted by atomic mass is 35.5. The van der Waals surface area contributed by atoms with E-state index in [-0.39, 0.29) is 11.1 Å². The molecule has 3 rings (SSSR count). The largest absolute Gasteiger partial charge is 0.493 e. The second kappa shape index (κ2) is 7.83. The number of rotatable bonds is 5. The van der Waals surface area contributed by atoms with Gasteiger partial charge in [-0.15, -0.1) is 0 Å². The Kier molecular flexibility index (Phi) is 5.52. The summed E-state index contributed by atoms with van der Waals surface area (Å²) in [6.45, 7) is 0. The van der Waals surface area contributed by atoms with Crippen molar-refractivity contribution in [3.05, 3.63) is 52.8 Å². The molecule has 0 amide bonds.